The van der Waals surface area contributed by atoms with E-state index in [9.17, 15) is 4.79 Å². The molecule has 0 fully saturated rings. The molecule has 0 N–H and O–H groups in total. The van der Waals surface area contributed by atoms with E-state index >= 15 is 0 Å². The maximum Gasteiger partial charge on any atom is 0.424 e. The molecule has 0 aromatic heterocycles. The van der Waals surface area contributed by atoms with Crippen LogP contribution in [0.5, 0.6) is 5.75 Å². The molecule has 0 heterocycles. The van der Waals surface area contributed by atoms with Gasteiger partial charge in [0.1, 0.15) is 0 Å². The Morgan fingerprint density at radius 1 is 0.679 bits per heavy atom. The topological polar surface area (TPSA) is 29.5 Å². The number of rotatable bonds is 3. The largest absolute Gasteiger partial charge is 0.424 e. The van der Waals surface area contributed by atoms with Gasteiger partial charge < -0.3 is 4.74 Å². The first-order valence-corrected chi connectivity index (χ1v) is 10.2. The molecule has 0 saturated heterocycles. The molecule has 138 valence electrons. The average Bonchev–Trinajstić information content (AvgIpc) is 2.73. The Hall–Kier alpha value is -2.63. The van der Waals surface area contributed by atoms with Crippen molar-refractivity contribution in [3.63, 3.8) is 0 Å². The van der Waals surface area contributed by atoms with Gasteiger partial charge in [0.15, 0.2) is 5.75 Å². The van der Waals surface area contributed by atoms with Crippen molar-refractivity contribution < 1.29 is 9.53 Å². The molecule has 0 saturated carbocycles. The molecule has 4 aromatic rings. The third-order valence-corrected chi connectivity index (χ3v) is 5.55. The van der Waals surface area contributed by atoms with Crippen LogP contribution in [0, 0.1) is 0 Å². The Kier molecular flexibility index (Phi) is 5.46. The van der Waals surface area contributed by atoms with E-state index in [0.717, 1.165) is 26.6 Å². The predicted molar refractivity (Wildman–Crippen MR) is 120 cm³/mol. The Morgan fingerprint density at radius 2 is 1.18 bits per heavy atom. The van der Waals surface area contributed by atoms with Crippen molar-refractivity contribution in [3.05, 3.63) is 99.9 Å². The molecule has 28 heavy (non-hydrogen) atoms. The first kappa shape index (κ1) is 18.7. The van der Waals surface area contributed by atoms with E-state index in [2.05, 4.69) is 31.9 Å². The fraction of sp³-hybridized carbons (Fsp3) is 0. The molecule has 0 radical (unpaired) electrons. The Morgan fingerprint density at radius 3 is 1.75 bits per heavy atom. The number of hydrogen-bond acceptors (Lipinski definition) is 2. The van der Waals surface area contributed by atoms with Crippen molar-refractivity contribution in [3.8, 4) is 5.75 Å². The molecule has 0 bridgehead atoms. The molecule has 0 aliphatic carbocycles. The van der Waals surface area contributed by atoms with Crippen molar-refractivity contribution >= 4 is 60.1 Å². The number of carbonyl (C=O) groups excluding carboxylic acids is 1. The second-order valence-corrected chi connectivity index (χ2v) is 7.80. The van der Waals surface area contributed by atoms with Gasteiger partial charge in [-0.3, -0.25) is 0 Å². The summed E-state index contributed by atoms with van der Waals surface area (Å²) in [5, 5.41) is 1.82. The van der Waals surface area contributed by atoms with Crippen LogP contribution < -0.4 is 9.64 Å². The fourth-order valence-electron chi connectivity index (χ4n) is 3.02. The van der Waals surface area contributed by atoms with E-state index in [-0.39, 0.29) is 0 Å². The van der Waals surface area contributed by atoms with Gasteiger partial charge in [-0.25, -0.2) is 9.69 Å². The van der Waals surface area contributed by atoms with Gasteiger partial charge in [-0.05, 0) is 51.6 Å². The Balaban J connectivity index is 1.79. The molecular weight excluding hydrogens is 482 g/mol. The summed E-state index contributed by atoms with van der Waals surface area (Å²) in [5.41, 5.74) is 1.47. The van der Waals surface area contributed by atoms with Crippen LogP contribution in [0.1, 0.15) is 0 Å². The standard InChI is InChI=1S/C23H15Br2NO2/c24-20-15-21(25)22(19-14-8-7-13-18(19)20)28-23(27)26(16-9-3-1-4-10-16)17-11-5-2-6-12-17/h1-15H. The summed E-state index contributed by atoms with van der Waals surface area (Å²) < 4.78 is 7.53. The zero-order valence-electron chi connectivity index (χ0n) is 14.7. The summed E-state index contributed by atoms with van der Waals surface area (Å²) in [5.74, 6) is 0.487. The van der Waals surface area contributed by atoms with Crippen molar-refractivity contribution in [2.24, 2.45) is 0 Å². The first-order chi connectivity index (χ1) is 13.6. The highest BCUT2D eigenvalue weighted by Gasteiger charge is 2.22. The van der Waals surface area contributed by atoms with E-state index in [1.54, 1.807) is 4.90 Å². The minimum atomic E-state index is -0.481. The van der Waals surface area contributed by atoms with Crippen LogP contribution in [0.4, 0.5) is 16.2 Å². The van der Waals surface area contributed by atoms with Crippen LogP contribution in [-0.4, -0.2) is 6.09 Å². The van der Waals surface area contributed by atoms with E-state index < -0.39 is 6.09 Å². The molecule has 0 atom stereocenters. The van der Waals surface area contributed by atoms with Gasteiger partial charge in [0.25, 0.3) is 0 Å². The first-order valence-electron chi connectivity index (χ1n) is 8.64. The molecule has 5 heteroatoms. The van der Waals surface area contributed by atoms with E-state index in [1.807, 2.05) is 91.0 Å². The average molecular weight is 497 g/mol. The zero-order chi connectivity index (χ0) is 19.5. The molecule has 0 aliphatic rings. The summed E-state index contributed by atoms with van der Waals surface area (Å²) in [7, 11) is 0. The van der Waals surface area contributed by atoms with Crippen molar-refractivity contribution in [2.75, 3.05) is 4.90 Å². The number of benzene rings is 4. The molecule has 3 nitrogen and oxygen atoms in total. The molecule has 0 aliphatic heterocycles. The zero-order valence-corrected chi connectivity index (χ0v) is 17.9. The van der Waals surface area contributed by atoms with Crippen molar-refractivity contribution in [1.82, 2.24) is 0 Å². The molecule has 0 spiro atoms. The van der Waals surface area contributed by atoms with Crippen LogP contribution in [-0.2, 0) is 0 Å². The number of ether oxygens (including phenoxy) is 1. The molecular formula is C23H15Br2NO2. The molecule has 0 unspecified atom stereocenters. The number of carbonyl (C=O) groups is 1. The van der Waals surface area contributed by atoms with Gasteiger partial charge in [-0.2, -0.15) is 0 Å². The number of amides is 1. The minimum Gasteiger partial charge on any atom is -0.408 e. The highest BCUT2D eigenvalue weighted by molar-refractivity contribution is 9.11. The maximum atomic E-state index is 13.3. The lowest BCUT2D eigenvalue weighted by atomic mass is 10.1. The normalized spacial score (nSPS) is 10.6. The summed E-state index contributed by atoms with van der Waals surface area (Å²) in [6.07, 6.45) is -0.481. The number of nitrogens with zero attached hydrogens (tertiary/aromatic N) is 1. The number of anilines is 2. The highest BCUT2D eigenvalue weighted by Crippen LogP contribution is 2.39. The van der Waals surface area contributed by atoms with Crippen LogP contribution in [0.3, 0.4) is 0 Å². The van der Waals surface area contributed by atoms with Crippen LogP contribution in [0.25, 0.3) is 10.8 Å². The second kappa shape index (κ2) is 8.17. The second-order valence-electron chi connectivity index (χ2n) is 6.09. The fourth-order valence-corrected chi connectivity index (χ4v) is 4.43. The number of para-hydroxylation sites is 2. The van der Waals surface area contributed by atoms with Gasteiger partial charge in [-0.15, -0.1) is 0 Å². The van der Waals surface area contributed by atoms with Crippen LogP contribution in [0.2, 0.25) is 0 Å². The molecule has 4 rings (SSSR count). The lowest BCUT2D eigenvalue weighted by Gasteiger charge is -2.23. The van der Waals surface area contributed by atoms with Gasteiger partial charge in [0.05, 0.1) is 15.8 Å². The molecule has 1 amide bonds. The van der Waals surface area contributed by atoms with Gasteiger partial charge in [0.2, 0.25) is 0 Å². The summed E-state index contributed by atoms with van der Waals surface area (Å²) in [4.78, 5) is 14.8. The van der Waals surface area contributed by atoms with E-state index in [4.69, 9.17) is 4.74 Å². The number of hydrogen-bond donors (Lipinski definition) is 0. The third kappa shape index (κ3) is 3.68. The monoisotopic (exact) mass is 495 g/mol. The lowest BCUT2D eigenvalue weighted by molar-refractivity contribution is 0.210. The summed E-state index contributed by atoms with van der Waals surface area (Å²) in [6.45, 7) is 0. The summed E-state index contributed by atoms with van der Waals surface area (Å²) in [6, 6.07) is 28.6. The third-order valence-electron chi connectivity index (χ3n) is 4.30. The Labute approximate surface area is 179 Å². The summed E-state index contributed by atoms with van der Waals surface area (Å²) >= 11 is 7.10. The van der Waals surface area contributed by atoms with Gasteiger partial charge in [0, 0.05) is 9.86 Å². The predicted octanol–water partition coefficient (Wildman–Crippen LogP) is 7.70. The lowest BCUT2D eigenvalue weighted by Crippen LogP contribution is -2.29. The van der Waals surface area contributed by atoms with Crippen LogP contribution >= 0.6 is 31.9 Å². The number of halogens is 2. The smallest absolute Gasteiger partial charge is 0.408 e. The maximum absolute atomic E-state index is 13.3. The highest BCUT2D eigenvalue weighted by atomic mass is 79.9. The van der Waals surface area contributed by atoms with Gasteiger partial charge in [-0.1, -0.05) is 76.6 Å². The SMILES string of the molecule is O=C(Oc1c(Br)cc(Br)c2ccccc12)N(c1ccccc1)c1ccccc1. The quantitative estimate of drug-likeness (QED) is 0.290. The van der Waals surface area contributed by atoms with Crippen molar-refractivity contribution in [1.29, 1.82) is 0 Å². The molecule has 4 aromatic carbocycles. The number of fused-ring (bicyclic) bond motifs is 1. The van der Waals surface area contributed by atoms with Crippen LogP contribution in [0.15, 0.2) is 99.9 Å². The van der Waals surface area contributed by atoms with Crippen molar-refractivity contribution in [2.45, 2.75) is 0 Å². The minimum absolute atomic E-state index is 0.481. The van der Waals surface area contributed by atoms with Gasteiger partial charge >= 0.3 is 6.09 Å². The van der Waals surface area contributed by atoms with E-state index in [1.165, 1.54) is 0 Å². The Bertz CT molecular complexity index is 1090. The van der Waals surface area contributed by atoms with E-state index in [0.29, 0.717) is 10.2 Å².